The Bertz CT molecular complexity index is 872. The van der Waals surface area contributed by atoms with Gasteiger partial charge in [0.15, 0.2) is 5.65 Å². The van der Waals surface area contributed by atoms with E-state index < -0.39 is 0 Å². The highest BCUT2D eigenvalue weighted by atomic mass is 127. The van der Waals surface area contributed by atoms with Crippen LogP contribution in [0.2, 0.25) is 0 Å². The molecule has 1 atom stereocenters. The van der Waals surface area contributed by atoms with Crippen molar-refractivity contribution in [1.82, 2.24) is 19.3 Å². The fourth-order valence-corrected chi connectivity index (χ4v) is 3.97. The summed E-state index contributed by atoms with van der Waals surface area (Å²) < 4.78 is 7.75. The number of hydrogen-bond acceptors (Lipinski definition) is 6. The summed E-state index contributed by atoms with van der Waals surface area (Å²) in [6, 6.07) is 7.77. The first-order valence-corrected chi connectivity index (χ1v) is 12.9. The molecule has 0 fully saturated rings. The maximum atomic E-state index is 10.3. The summed E-state index contributed by atoms with van der Waals surface area (Å²) in [6.45, 7) is 0.689. The van der Waals surface area contributed by atoms with Crippen molar-refractivity contribution >= 4 is 57.5 Å². The number of carbonyl (C=O) groups excluding carboxylic acids is 1. The number of aromatic nitrogens is 4. The topological polar surface area (TPSA) is 81.9 Å². The summed E-state index contributed by atoms with van der Waals surface area (Å²) in [7, 11) is 0. The van der Waals surface area contributed by atoms with Crippen LogP contribution in [0.4, 0.5) is 11.6 Å². The number of imidazole rings is 1. The number of nitrogens with one attached hydrogen (secondary N) is 1. The van der Waals surface area contributed by atoms with Gasteiger partial charge in [-0.15, -0.1) is 0 Å². The average Bonchev–Trinajstić information content (AvgIpc) is 3.11. The van der Waals surface area contributed by atoms with E-state index in [1.807, 2.05) is 28.6 Å². The predicted octanol–water partition coefficient (Wildman–Crippen LogP) is 4.89. The predicted molar refractivity (Wildman–Crippen MR) is 117 cm³/mol. The zero-order valence-electron chi connectivity index (χ0n) is 14.8. The van der Waals surface area contributed by atoms with E-state index in [0.29, 0.717) is 25.3 Å². The molecule has 2 heterocycles. The third kappa shape index (κ3) is 5.84. The lowest BCUT2D eigenvalue weighted by Gasteiger charge is -2.08. The standard InChI is InChI=1S/C18H21IN5O2P/c19-27-24-13-21-16-12-20-18(23-17(16)24)22-14-6-8-15(9-7-14)26-11-5-3-1-2-4-10-25/h6-10,12-13,27H,1-5,11H2,(H,20,22,23). The number of carbonyl (C=O) groups is 1. The van der Waals surface area contributed by atoms with Crippen LogP contribution in [-0.2, 0) is 4.79 Å². The SMILES string of the molecule is O=CCCCCCCOc1ccc(Nc2ncc3ncn(PI)c3n2)cc1. The van der Waals surface area contributed by atoms with Crippen LogP contribution >= 0.6 is 28.4 Å². The molecule has 142 valence electrons. The van der Waals surface area contributed by atoms with E-state index in [2.05, 4.69) is 42.3 Å². The van der Waals surface area contributed by atoms with E-state index in [0.717, 1.165) is 54.6 Å². The second kappa shape index (κ2) is 10.5. The molecule has 27 heavy (non-hydrogen) atoms. The molecule has 3 aromatic rings. The summed E-state index contributed by atoms with van der Waals surface area (Å²) in [5.41, 5.74) is 2.52. The van der Waals surface area contributed by atoms with E-state index in [-0.39, 0.29) is 0 Å². The maximum Gasteiger partial charge on any atom is 0.229 e. The molecule has 0 aliphatic rings. The van der Waals surface area contributed by atoms with Crippen molar-refractivity contribution < 1.29 is 9.53 Å². The highest BCUT2D eigenvalue weighted by molar-refractivity contribution is 14.2. The Morgan fingerprint density at radius 2 is 1.96 bits per heavy atom. The number of hydrogen-bond donors (Lipinski definition) is 1. The molecule has 0 radical (unpaired) electrons. The average molecular weight is 497 g/mol. The molecule has 0 amide bonds. The number of aldehydes is 1. The maximum absolute atomic E-state index is 10.3. The van der Waals surface area contributed by atoms with Gasteiger partial charge in [0, 0.05) is 12.1 Å². The first kappa shape index (κ1) is 19.9. The van der Waals surface area contributed by atoms with Gasteiger partial charge in [-0.1, -0.05) is 12.8 Å². The van der Waals surface area contributed by atoms with Gasteiger partial charge in [-0.2, -0.15) is 4.98 Å². The van der Waals surface area contributed by atoms with Crippen molar-refractivity contribution in [2.75, 3.05) is 11.9 Å². The fourth-order valence-electron chi connectivity index (χ4n) is 2.57. The first-order valence-electron chi connectivity index (χ1n) is 8.80. The Kier molecular flexibility index (Phi) is 7.77. The lowest BCUT2D eigenvalue weighted by Crippen LogP contribution is -1.99. The molecule has 0 spiro atoms. The molecule has 7 nitrogen and oxygen atoms in total. The summed E-state index contributed by atoms with van der Waals surface area (Å²) in [6.07, 6.45) is 9.82. The van der Waals surface area contributed by atoms with Crippen molar-refractivity contribution in [1.29, 1.82) is 0 Å². The van der Waals surface area contributed by atoms with Crippen LogP contribution in [0, 0.1) is 0 Å². The smallest absolute Gasteiger partial charge is 0.229 e. The lowest BCUT2D eigenvalue weighted by molar-refractivity contribution is -0.107. The van der Waals surface area contributed by atoms with Gasteiger partial charge in [0.25, 0.3) is 0 Å². The minimum atomic E-state index is 0.544. The molecular formula is C18H21IN5O2P. The van der Waals surface area contributed by atoms with Crippen LogP contribution in [0.15, 0.2) is 36.8 Å². The van der Waals surface area contributed by atoms with Crippen LogP contribution in [0.3, 0.4) is 0 Å². The Morgan fingerprint density at radius 1 is 1.15 bits per heavy atom. The molecule has 0 bridgehead atoms. The van der Waals surface area contributed by atoms with Crippen LogP contribution < -0.4 is 10.1 Å². The van der Waals surface area contributed by atoms with Crippen LogP contribution in [-0.4, -0.2) is 32.2 Å². The highest BCUT2D eigenvalue weighted by Crippen LogP contribution is 2.28. The molecule has 0 saturated carbocycles. The van der Waals surface area contributed by atoms with Crippen LogP contribution in [0.25, 0.3) is 11.2 Å². The van der Waals surface area contributed by atoms with Crippen molar-refractivity contribution in [3.8, 4) is 5.75 Å². The van der Waals surface area contributed by atoms with Gasteiger partial charge in [-0.3, -0.25) is 4.34 Å². The molecule has 0 aliphatic carbocycles. The number of nitrogens with zero attached hydrogens (tertiary/aromatic N) is 4. The van der Waals surface area contributed by atoms with Crippen molar-refractivity contribution in [3.63, 3.8) is 0 Å². The number of rotatable bonds is 11. The van der Waals surface area contributed by atoms with E-state index in [1.165, 1.54) is 0 Å². The molecule has 1 aromatic carbocycles. The van der Waals surface area contributed by atoms with Crippen LogP contribution in [0.5, 0.6) is 5.75 Å². The molecule has 0 aliphatic heterocycles. The Balaban J connectivity index is 1.49. The molecular weight excluding hydrogens is 476 g/mol. The number of anilines is 2. The minimum absolute atomic E-state index is 0.544. The van der Waals surface area contributed by atoms with E-state index in [4.69, 9.17) is 4.74 Å². The van der Waals surface area contributed by atoms with Crippen molar-refractivity contribution in [2.24, 2.45) is 0 Å². The second-order valence-corrected chi connectivity index (χ2v) is 8.07. The second-order valence-electron chi connectivity index (χ2n) is 5.97. The fraction of sp³-hybridized carbons (Fsp3) is 0.333. The summed E-state index contributed by atoms with van der Waals surface area (Å²) in [5, 5.41) is 3.21. The Morgan fingerprint density at radius 3 is 2.74 bits per heavy atom. The van der Waals surface area contributed by atoms with Gasteiger partial charge in [0.05, 0.1) is 19.2 Å². The zero-order valence-corrected chi connectivity index (χ0v) is 17.9. The van der Waals surface area contributed by atoms with Gasteiger partial charge in [0.1, 0.15) is 23.9 Å². The number of halogens is 1. The third-order valence-electron chi connectivity index (χ3n) is 3.98. The van der Waals surface area contributed by atoms with Gasteiger partial charge < -0.3 is 14.8 Å². The Hall–Kier alpha value is -1.80. The number of fused-ring (bicyclic) bond motifs is 1. The largest absolute Gasteiger partial charge is 0.494 e. The Labute approximate surface area is 172 Å². The van der Waals surface area contributed by atoms with Gasteiger partial charge >= 0.3 is 0 Å². The van der Waals surface area contributed by atoms with Crippen LogP contribution in [0.1, 0.15) is 32.1 Å². The molecule has 1 N–H and O–H groups in total. The summed E-state index contributed by atoms with van der Waals surface area (Å²) in [5.74, 6) is 1.39. The number of unbranched alkanes of at least 4 members (excludes halogenated alkanes) is 4. The normalized spacial score (nSPS) is 11.3. The summed E-state index contributed by atoms with van der Waals surface area (Å²) >= 11 is 2.30. The minimum Gasteiger partial charge on any atom is -0.494 e. The van der Waals surface area contributed by atoms with Gasteiger partial charge in [-0.05, 0) is 59.1 Å². The molecule has 2 aromatic heterocycles. The monoisotopic (exact) mass is 497 g/mol. The first-order chi connectivity index (χ1) is 13.3. The summed E-state index contributed by atoms with van der Waals surface area (Å²) in [4.78, 5) is 23.4. The lowest BCUT2D eigenvalue weighted by atomic mass is 10.2. The van der Waals surface area contributed by atoms with E-state index in [1.54, 1.807) is 12.5 Å². The molecule has 0 saturated heterocycles. The third-order valence-corrected chi connectivity index (χ3v) is 6.05. The number of ether oxygens (including phenoxy) is 1. The van der Waals surface area contributed by atoms with Gasteiger partial charge in [0.2, 0.25) is 5.95 Å². The molecule has 9 heteroatoms. The van der Waals surface area contributed by atoms with E-state index >= 15 is 0 Å². The van der Waals surface area contributed by atoms with Gasteiger partial charge in [-0.25, -0.2) is 9.97 Å². The van der Waals surface area contributed by atoms with Crippen molar-refractivity contribution in [2.45, 2.75) is 32.1 Å². The van der Waals surface area contributed by atoms with Crippen molar-refractivity contribution in [3.05, 3.63) is 36.8 Å². The molecule has 1 unspecified atom stereocenters. The van der Waals surface area contributed by atoms with E-state index in [9.17, 15) is 4.79 Å². The number of benzene rings is 1. The highest BCUT2D eigenvalue weighted by Gasteiger charge is 2.06. The quantitative estimate of drug-likeness (QED) is 0.176. The zero-order chi connectivity index (χ0) is 18.9. The molecule has 3 rings (SSSR count).